The molecule has 2 aromatic carbocycles. The first-order valence-electron chi connectivity index (χ1n) is 8.95. The minimum absolute atomic E-state index is 0.122. The number of benzene rings is 2. The van der Waals surface area contributed by atoms with Crippen LogP contribution in [0.2, 0.25) is 0 Å². The average molecular weight is 404 g/mol. The fourth-order valence-corrected chi connectivity index (χ4v) is 4.48. The molecular formula is C21H25NO5S. The number of rotatable bonds is 7. The molecule has 1 amide bonds. The fourth-order valence-electron chi connectivity index (χ4n) is 3.22. The molecular weight excluding hydrogens is 378 g/mol. The van der Waals surface area contributed by atoms with Gasteiger partial charge in [0.1, 0.15) is 16.9 Å². The zero-order chi connectivity index (χ0) is 20.1. The molecule has 0 bridgehead atoms. The summed E-state index contributed by atoms with van der Waals surface area (Å²) in [7, 11) is 6.45. The van der Waals surface area contributed by atoms with Crippen LogP contribution in [-0.2, 0) is 11.3 Å². The summed E-state index contributed by atoms with van der Waals surface area (Å²) in [6.45, 7) is 0.512. The molecule has 28 heavy (non-hydrogen) atoms. The third kappa shape index (κ3) is 4.14. The average Bonchev–Trinajstić information content (AvgIpc) is 2.74. The SMILES string of the molecule is COc1ccc(CN2C(=O)CCSC2c2cc(OC)c(OC)cc2OC)cc1. The van der Waals surface area contributed by atoms with Crippen LogP contribution in [0.15, 0.2) is 36.4 Å². The largest absolute Gasteiger partial charge is 0.497 e. The number of carbonyl (C=O) groups excluding carboxylic acids is 1. The number of hydrogen-bond acceptors (Lipinski definition) is 6. The van der Waals surface area contributed by atoms with E-state index in [-0.39, 0.29) is 11.3 Å². The molecule has 0 aromatic heterocycles. The van der Waals surface area contributed by atoms with Crippen LogP contribution in [-0.4, -0.2) is 45.0 Å². The Balaban J connectivity index is 1.96. The van der Waals surface area contributed by atoms with Crippen molar-refractivity contribution in [1.29, 1.82) is 0 Å². The van der Waals surface area contributed by atoms with Gasteiger partial charge in [0, 0.05) is 30.3 Å². The standard InChI is InChI=1S/C21H25NO5S/c1-24-15-7-5-14(6-8-15)13-22-20(23)9-10-28-21(22)16-11-18(26-3)19(27-4)12-17(16)25-2/h5-8,11-12,21H,9-10,13H2,1-4H3. The van der Waals surface area contributed by atoms with E-state index in [1.54, 1.807) is 46.3 Å². The van der Waals surface area contributed by atoms with Crippen LogP contribution in [0.4, 0.5) is 0 Å². The summed E-state index contributed by atoms with van der Waals surface area (Å²) in [5.41, 5.74) is 1.94. The highest BCUT2D eigenvalue weighted by Gasteiger charge is 2.32. The lowest BCUT2D eigenvalue weighted by molar-refractivity contribution is -0.132. The summed E-state index contributed by atoms with van der Waals surface area (Å²) >= 11 is 1.72. The summed E-state index contributed by atoms with van der Waals surface area (Å²) in [6, 6.07) is 11.5. The third-order valence-corrected chi connectivity index (χ3v) is 5.97. The van der Waals surface area contributed by atoms with Crippen LogP contribution in [0.25, 0.3) is 0 Å². The van der Waals surface area contributed by atoms with Gasteiger partial charge >= 0.3 is 0 Å². The van der Waals surface area contributed by atoms with Gasteiger partial charge < -0.3 is 23.8 Å². The lowest BCUT2D eigenvalue weighted by Gasteiger charge is -2.36. The molecule has 0 saturated carbocycles. The Morgan fingerprint density at radius 2 is 1.57 bits per heavy atom. The van der Waals surface area contributed by atoms with E-state index in [1.807, 2.05) is 35.2 Å². The van der Waals surface area contributed by atoms with Crippen molar-refractivity contribution >= 4 is 17.7 Å². The Morgan fingerprint density at radius 1 is 0.929 bits per heavy atom. The first-order valence-corrected chi connectivity index (χ1v) is 10.00. The van der Waals surface area contributed by atoms with Crippen LogP contribution in [0.3, 0.4) is 0 Å². The zero-order valence-electron chi connectivity index (χ0n) is 16.6. The first kappa shape index (κ1) is 20.2. The Kier molecular flexibility index (Phi) is 6.57. The molecule has 1 heterocycles. The molecule has 1 atom stereocenters. The van der Waals surface area contributed by atoms with Gasteiger partial charge in [-0.05, 0) is 23.8 Å². The van der Waals surface area contributed by atoms with Crippen LogP contribution in [0.5, 0.6) is 23.0 Å². The predicted octanol–water partition coefficient (Wildman–Crippen LogP) is 3.89. The highest BCUT2D eigenvalue weighted by atomic mass is 32.2. The molecule has 0 spiro atoms. The normalized spacial score (nSPS) is 16.6. The first-order chi connectivity index (χ1) is 13.6. The minimum Gasteiger partial charge on any atom is -0.497 e. The van der Waals surface area contributed by atoms with E-state index < -0.39 is 0 Å². The number of amides is 1. The Labute approximate surface area is 169 Å². The summed E-state index contributed by atoms with van der Waals surface area (Å²) in [5.74, 6) is 3.56. The quantitative estimate of drug-likeness (QED) is 0.699. The fraction of sp³-hybridized carbons (Fsp3) is 0.381. The second kappa shape index (κ2) is 9.10. The Hall–Kier alpha value is -2.54. The van der Waals surface area contributed by atoms with E-state index in [1.165, 1.54) is 0 Å². The molecule has 1 saturated heterocycles. The molecule has 1 aliphatic heterocycles. The number of carbonyl (C=O) groups is 1. The van der Waals surface area contributed by atoms with Gasteiger partial charge in [0.05, 0.1) is 28.4 Å². The van der Waals surface area contributed by atoms with Crippen LogP contribution < -0.4 is 18.9 Å². The Bertz CT molecular complexity index is 824. The van der Waals surface area contributed by atoms with E-state index in [9.17, 15) is 4.79 Å². The molecule has 3 rings (SSSR count). The third-order valence-electron chi connectivity index (χ3n) is 4.71. The minimum atomic E-state index is -0.168. The van der Waals surface area contributed by atoms with Crippen molar-refractivity contribution in [3.05, 3.63) is 47.5 Å². The molecule has 150 valence electrons. The predicted molar refractivity (Wildman–Crippen MR) is 109 cm³/mol. The van der Waals surface area contributed by atoms with E-state index in [4.69, 9.17) is 18.9 Å². The topological polar surface area (TPSA) is 57.2 Å². The maximum Gasteiger partial charge on any atom is 0.224 e. The van der Waals surface area contributed by atoms with Gasteiger partial charge in [-0.2, -0.15) is 0 Å². The van der Waals surface area contributed by atoms with Crippen molar-refractivity contribution in [3.63, 3.8) is 0 Å². The second-order valence-corrected chi connectivity index (χ2v) is 7.48. The van der Waals surface area contributed by atoms with Crippen molar-refractivity contribution in [1.82, 2.24) is 4.90 Å². The molecule has 1 aliphatic rings. The van der Waals surface area contributed by atoms with Crippen molar-refractivity contribution in [2.24, 2.45) is 0 Å². The van der Waals surface area contributed by atoms with E-state index >= 15 is 0 Å². The number of nitrogens with zero attached hydrogens (tertiary/aromatic N) is 1. The van der Waals surface area contributed by atoms with Crippen molar-refractivity contribution in [2.45, 2.75) is 18.3 Å². The monoisotopic (exact) mass is 403 g/mol. The number of ether oxygens (including phenoxy) is 4. The lowest BCUT2D eigenvalue weighted by atomic mass is 10.1. The summed E-state index contributed by atoms with van der Waals surface area (Å²) in [5, 5.41) is -0.168. The summed E-state index contributed by atoms with van der Waals surface area (Å²) in [4.78, 5) is 14.7. The van der Waals surface area contributed by atoms with Crippen molar-refractivity contribution in [2.75, 3.05) is 34.2 Å². The van der Waals surface area contributed by atoms with Crippen LogP contribution in [0.1, 0.15) is 22.9 Å². The highest BCUT2D eigenvalue weighted by molar-refractivity contribution is 7.99. The van der Waals surface area contributed by atoms with Gasteiger partial charge in [0.15, 0.2) is 11.5 Å². The second-order valence-electron chi connectivity index (χ2n) is 6.29. The summed E-state index contributed by atoms with van der Waals surface area (Å²) < 4.78 is 21.7. The van der Waals surface area contributed by atoms with Gasteiger partial charge in [-0.1, -0.05) is 12.1 Å². The van der Waals surface area contributed by atoms with Crippen molar-refractivity contribution in [3.8, 4) is 23.0 Å². The van der Waals surface area contributed by atoms with E-state index in [0.717, 1.165) is 22.6 Å². The lowest BCUT2D eigenvalue weighted by Crippen LogP contribution is -2.36. The van der Waals surface area contributed by atoms with E-state index in [2.05, 4.69) is 0 Å². The van der Waals surface area contributed by atoms with Gasteiger partial charge in [-0.15, -0.1) is 11.8 Å². The number of thioether (sulfide) groups is 1. The maximum absolute atomic E-state index is 12.8. The molecule has 0 radical (unpaired) electrons. The molecule has 1 unspecified atom stereocenters. The van der Waals surface area contributed by atoms with Gasteiger partial charge in [0.2, 0.25) is 5.91 Å². The van der Waals surface area contributed by atoms with Gasteiger partial charge in [-0.3, -0.25) is 4.79 Å². The maximum atomic E-state index is 12.8. The zero-order valence-corrected chi connectivity index (χ0v) is 17.4. The van der Waals surface area contributed by atoms with Gasteiger partial charge in [0.25, 0.3) is 0 Å². The van der Waals surface area contributed by atoms with Gasteiger partial charge in [-0.25, -0.2) is 0 Å². The van der Waals surface area contributed by atoms with E-state index in [0.29, 0.717) is 30.2 Å². The molecule has 0 N–H and O–H groups in total. The van der Waals surface area contributed by atoms with Crippen molar-refractivity contribution < 1.29 is 23.7 Å². The summed E-state index contributed by atoms with van der Waals surface area (Å²) in [6.07, 6.45) is 0.521. The molecule has 6 nitrogen and oxygen atoms in total. The number of hydrogen-bond donors (Lipinski definition) is 0. The molecule has 1 fully saturated rings. The molecule has 7 heteroatoms. The Morgan fingerprint density at radius 3 is 2.18 bits per heavy atom. The van der Waals surface area contributed by atoms with Crippen LogP contribution in [0, 0.1) is 0 Å². The highest BCUT2D eigenvalue weighted by Crippen LogP contribution is 2.46. The van der Waals surface area contributed by atoms with Crippen LogP contribution >= 0.6 is 11.8 Å². The molecule has 2 aromatic rings. The number of methoxy groups -OCH3 is 4. The molecule has 0 aliphatic carbocycles. The smallest absolute Gasteiger partial charge is 0.224 e.